The number of esters is 1. The lowest BCUT2D eigenvalue weighted by Gasteiger charge is -2.32. The van der Waals surface area contributed by atoms with Crippen LogP contribution in [-0.4, -0.2) is 42.5 Å². The van der Waals surface area contributed by atoms with Gasteiger partial charge in [-0.1, -0.05) is 20.8 Å². The second-order valence-corrected chi connectivity index (χ2v) is 7.14. The molecule has 1 saturated heterocycles. The molecular weight excluding hydrogens is 268 g/mol. The SMILES string of the molecule is CCOC(=O)C1CCN(C(=O)CC(N)CC(C)(C)C)CC1. The Morgan fingerprint density at radius 1 is 1.29 bits per heavy atom. The second kappa shape index (κ2) is 7.78. The minimum atomic E-state index is -0.131. The van der Waals surface area contributed by atoms with Crippen molar-refractivity contribution in [2.24, 2.45) is 17.1 Å². The first-order chi connectivity index (χ1) is 9.73. The van der Waals surface area contributed by atoms with E-state index in [4.69, 9.17) is 10.5 Å². The van der Waals surface area contributed by atoms with E-state index < -0.39 is 0 Å². The quantitative estimate of drug-likeness (QED) is 0.787. The highest BCUT2D eigenvalue weighted by atomic mass is 16.5. The highest BCUT2D eigenvalue weighted by Gasteiger charge is 2.29. The largest absolute Gasteiger partial charge is 0.466 e. The molecule has 122 valence electrons. The normalized spacial score (nSPS) is 18.4. The molecule has 0 bridgehead atoms. The Hall–Kier alpha value is -1.10. The summed E-state index contributed by atoms with van der Waals surface area (Å²) in [4.78, 5) is 25.7. The van der Waals surface area contributed by atoms with Gasteiger partial charge in [-0.2, -0.15) is 0 Å². The summed E-state index contributed by atoms with van der Waals surface area (Å²) in [6, 6.07) is -0.0970. The second-order valence-electron chi connectivity index (χ2n) is 7.14. The summed E-state index contributed by atoms with van der Waals surface area (Å²) < 4.78 is 5.03. The van der Waals surface area contributed by atoms with Crippen molar-refractivity contribution in [1.29, 1.82) is 0 Å². The third-order valence-corrected chi connectivity index (χ3v) is 3.78. The summed E-state index contributed by atoms with van der Waals surface area (Å²) in [5.74, 6) is -0.0830. The lowest BCUT2D eigenvalue weighted by Crippen LogP contribution is -2.43. The molecular formula is C16H30N2O3. The van der Waals surface area contributed by atoms with Crippen LogP contribution in [-0.2, 0) is 14.3 Å². The maximum atomic E-state index is 12.2. The molecule has 1 atom stereocenters. The number of carbonyl (C=O) groups is 2. The van der Waals surface area contributed by atoms with Gasteiger partial charge in [-0.3, -0.25) is 9.59 Å². The Bertz CT molecular complexity index is 355. The fourth-order valence-corrected chi connectivity index (χ4v) is 2.84. The van der Waals surface area contributed by atoms with E-state index in [0.717, 1.165) is 6.42 Å². The van der Waals surface area contributed by atoms with Gasteiger partial charge in [0.05, 0.1) is 12.5 Å². The molecule has 1 unspecified atom stereocenters. The topological polar surface area (TPSA) is 72.6 Å². The number of rotatable bonds is 5. The molecule has 1 heterocycles. The van der Waals surface area contributed by atoms with E-state index in [9.17, 15) is 9.59 Å². The van der Waals surface area contributed by atoms with E-state index in [1.54, 1.807) is 0 Å². The Balaban J connectivity index is 2.36. The summed E-state index contributed by atoms with van der Waals surface area (Å²) in [5.41, 5.74) is 6.20. The summed E-state index contributed by atoms with van der Waals surface area (Å²) in [7, 11) is 0. The van der Waals surface area contributed by atoms with E-state index >= 15 is 0 Å². The van der Waals surface area contributed by atoms with Crippen LogP contribution in [0.5, 0.6) is 0 Å². The van der Waals surface area contributed by atoms with Crippen LogP contribution in [0.15, 0.2) is 0 Å². The Kier molecular flexibility index (Phi) is 6.65. The summed E-state index contributed by atoms with van der Waals surface area (Å²) in [5, 5.41) is 0. The van der Waals surface area contributed by atoms with Gasteiger partial charge in [0.15, 0.2) is 0 Å². The summed E-state index contributed by atoms with van der Waals surface area (Å²) in [6.07, 6.45) is 2.61. The molecule has 0 aromatic rings. The van der Waals surface area contributed by atoms with E-state index in [1.807, 2.05) is 11.8 Å². The molecule has 1 amide bonds. The van der Waals surface area contributed by atoms with Gasteiger partial charge >= 0.3 is 5.97 Å². The fraction of sp³-hybridized carbons (Fsp3) is 0.875. The van der Waals surface area contributed by atoms with Gasteiger partial charge in [0, 0.05) is 25.6 Å². The molecule has 1 aliphatic heterocycles. The molecule has 5 nitrogen and oxygen atoms in total. The van der Waals surface area contributed by atoms with Crippen molar-refractivity contribution >= 4 is 11.9 Å². The average Bonchev–Trinajstić information content (AvgIpc) is 2.36. The molecule has 0 saturated carbocycles. The van der Waals surface area contributed by atoms with E-state index in [1.165, 1.54) is 0 Å². The zero-order chi connectivity index (χ0) is 16.0. The van der Waals surface area contributed by atoms with Crippen LogP contribution in [0.1, 0.15) is 53.4 Å². The van der Waals surface area contributed by atoms with Crippen molar-refractivity contribution in [3.63, 3.8) is 0 Å². The number of ether oxygens (including phenoxy) is 1. The standard InChI is InChI=1S/C16H30N2O3/c1-5-21-15(20)12-6-8-18(9-7-12)14(19)10-13(17)11-16(2,3)4/h12-13H,5-11,17H2,1-4H3. The zero-order valence-corrected chi connectivity index (χ0v) is 13.9. The van der Waals surface area contributed by atoms with Gasteiger partial charge < -0.3 is 15.4 Å². The fourth-order valence-electron chi connectivity index (χ4n) is 2.84. The van der Waals surface area contributed by atoms with Gasteiger partial charge in [-0.15, -0.1) is 0 Å². The molecule has 5 heteroatoms. The first-order valence-electron chi connectivity index (χ1n) is 7.93. The van der Waals surface area contributed by atoms with Gasteiger partial charge in [0.1, 0.15) is 0 Å². The van der Waals surface area contributed by atoms with Crippen LogP contribution in [0, 0.1) is 11.3 Å². The molecule has 1 fully saturated rings. The number of carbonyl (C=O) groups excluding carboxylic acids is 2. The Morgan fingerprint density at radius 3 is 2.33 bits per heavy atom. The van der Waals surface area contributed by atoms with Crippen molar-refractivity contribution in [2.45, 2.75) is 59.4 Å². The minimum Gasteiger partial charge on any atom is -0.466 e. The van der Waals surface area contributed by atoms with Crippen molar-refractivity contribution < 1.29 is 14.3 Å². The number of nitrogens with zero attached hydrogens (tertiary/aromatic N) is 1. The van der Waals surface area contributed by atoms with Gasteiger partial charge in [0.2, 0.25) is 5.91 Å². The predicted octanol–water partition coefficient (Wildman–Crippen LogP) is 1.94. The van der Waals surface area contributed by atoms with Gasteiger partial charge in [-0.05, 0) is 31.6 Å². The van der Waals surface area contributed by atoms with Crippen LogP contribution in [0.25, 0.3) is 0 Å². The van der Waals surface area contributed by atoms with E-state index in [2.05, 4.69) is 20.8 Å². The van der Waals surface area contributed by atoms with Crippen LogP contribution >= 0.6 is 0 Å². The number of hydrogen-bond donors (Lipinski definition) is 1. The molecule has 0 spiro atoms. The number of likely N-dealkylation sites (tertiary alicyclic amines) is 1. The Labute approximate surface area is 128 Å². The lowest BCUT2D eigenvalue weighted by atomic mass is 9.87. The first-order valence-corrected chi connectivity index (χ1v) is 7.93. The van der Waals surface area contributed by atoms with Crippen molar-refractivity contribution in [3.8, 4) is 0 Å². The molecule has 21 heavy (non-hydrogen) atoms. The molecule has 1 rings (SSSR count). The van der Waals surface area contributed by atoms with Crippen LogP contribution in [0.3, 0.4) is 0 Å². The number of nitrogens with two attached hydrogens (primary N) is 1. The van der Waals surface area contributed by atoms with Crippen LogP contribution in [0.2, 0.25) is 0 Å². The predicted molar refractivity (Wildman–Crippen MR) is 82.6 cm³/mol. The maximum absolute atomic E-state index is 12.2. The lowest BCUT2D eigenvalue weighted by molar-refractivity contribution is -0.151. The zero-order valence-electron chi connectivity index (χ0n) is 13.9. The maximum Gasteiger partial charge on any atom is 0.309 e. The van der Waals surface area contributed by atoms with Crippen LogP contribution in [0.4, 0.5) is 0 Å². The number of hydrogen-bond acceptors (Lipinski definition) is 4. The van der Waals surface area contributed by atoms with Crippen molar-refractivity contribution in [1.82, 2.24) is 4.90 Å². The third kappa shape index (κ3) is 6.46. The Morgan fingerprint density at radius 2 is 1.86 bits per heavy atom. The van der Waals surface area contributed by atoms with Gasteiger partial charge in [0.25, 0.3) is 0 Å². The van der Waals surface area contributed by atoms with Gasteiger partial charge in [-0.25, -0.2) is 0 Å². The molecule has 2 N–H and O–H groups in total. The molecule has 0 aromatic heterocycles. The average molecular weight is 298 g/mol. The monoisotopic (exact) mass is 298 g/mol. The van der Waals surface area contributed by atoms with E-state index in [0.29, 0.717) is 39.0 Å². The summed E-state index contributed by atoms with van der Waals surface area (Å²) >= 11 is 0. The molecule has 0 aliphatic carbocycles. The smallest absolute Gasteiger partial charge is 0.309 e. The third-order valence-electron chi connectivity index (χ3n) is 3.78. The van der Waals surface area contributed by atoms with E-state index in [-0.39, 0.29) is 29.3 Å². The molecule has 0 aromatic carbocycles. The summed E-state index contributed by atoms with van der Waals surface area (Å²) in [6.45, 7) is 9.87. The first kappa shape index (κ1) is 18.0. The highest BCUT2D eigenvalue weighted by Crippen LogP contribution is 2.23. The number of piperidine rings is 1. The highest BCUT2D eigenvalue weighted by molar-refractivity contribution is 5.78. The minimum absolute atomic E-state index is 0.0581. The van der Waals surface area contributed by atoms with Crippen molar-refractivity contribution in [3.05, 3.63) is 0 Å². The van der Waals surface area contributed by atoms with Crippen LogP contribution < -0.4 is 5.73 Å². The van der Waals surface area contributed by atoms with Crippen molar-refractivity contribution in [2.75, 3.05) is 19.7 Å². The molecule has 1 aliphatic rings. The number of amides is 1. The molecule has 0 radical (unpaired) electrons.